The van der Waals surface area contributed by atoms with Crippen LogP contribution in [0.1, 0.15) is 19.8 Å². The van der Waals surface area contributed by atoms with Crippen molar-refractivity contribution in [1.82, 2.24) is 9.88 Å². The van der Waals surface area contributed by atoms with Gasteiger partial charge in [0.25, 0.3) is 0 Å². The number of carbonyl (C=O) groups is 1. The molecule has 1 fully saturated rings. The Balaban J connectivity index is 1.69. The average Bonchev–Trinajstić information content (AvgIpc) is 2.91. The van der Waals surface area contributed by atoms with Crippen molar-refractivity contribution in [2.45, 2.75) is 31.8 Å². The number of fused-ring (bicyclic) bond motifs is 1. The van der Waals surface area contributed by atoms with Gasteiger partial charge in [-0.25, -0.2) is 13.2 Å². The quantitative estimate of drug-likeness (QED) is 0.873. The fourth-order valence-corrected chi connectivity index (χ4v) is 5.23. The third kappa shape index (κ3) is 3.49. The molecule has 0 aliphatic carbocycles. The molecular formula is C15H17ClN2O5S. The van der Waals surface area contributed by atoms with Crippen molar-refractivity contribution in [3.8, 4) is 0 Å². The molecule has 7 nitrogen and oxygen atoms in total. The normalized spacial score (nSPS) is 22.8. The van der Waals surface area contributed by atoms with Crippen LogP contribution in [-0.4, -0.2) is 35.9 Å². The number of sulfone groups is 1. The lowest BCUT2D eigenvalue weighted by Crippen LogP contribution is -2.47. The van der Waals surface area contributed by atoms with E-state index in [0.717, 1.165) is 0 Å². The standard InChI is InChI=1S/C15H17ClN2O5S/c1-15(5-7-24(21,22)9-15)17-13(19)4-6-18-11-3-2-10(16)8-12(11)23-14(18)20/h2-3,8H,4-7,9H2,1H3,(H,17,19)/t15-/m1/s1. The van der Waals surface area contributed by atoms with Crippen molar-refractivity contribution in [3.63, 3.8) is 0 Å². The second kappa shape index (κ2) is 5.93. The van der Waals surface area contributed by atoms with Crippen LogP contribution < -0.4 is 11.1 Å². The molecule has 24 heavy (non-hydrogen) atoms. The van der Waals surface area contributed by atoms with Gasteiger partial charge in [-0.05, 0) is 25.5 Å². The number of oxazole rings is 1. The molecule has 0 radical (unpaired) electrons. The van der Waals surface area contributed by atoms with Gasteiger partial charge in [0.2, 0.25) is 5.91 Å². The van der Waals surface area contributed by atoms with Crippen LogP contribution in [-0.2, 0) is 21.2 Å². The third-order valence-electron chi connectivity index (χ3n) is 4.14. The van der Waals surface area contributed by atoms with Crippen LogP contribution in [0.15, 0.2) is 27.4 Å². The van der Waals surface area contributed by atoms with E-state index in [4.69, 9.17) is 16.0 Å². The van der Waals surface area contributed by atoms with Gasteiger partial charge in [-0.2, -0.15) is 0 Å². The van der Waals surface area contributed by atoms with E-state index in [0.29, 0.717) is 22.5 Å². The molecule has 0 bridgehead atoms. The molecule has 0 spiro atoms. The Morgan fingerprint density at radius 2 is 2.21 bits per heavy atom. The van der Waals surface area contributed by atoms with E-state index in [-0.39, 0.29) is 30.4 Å². The topological polar surface area (TPSA) is 98.4 Å². The fraction of sp³-hybridized carbons (Fsp3) is 0.467. The molecule has 1 aromatic carbocycles. The summed E-state index contributed by atoms with van der Waals surface area (Å²) < 4.78 is 29.6. The van der Waals surface area contributed by atoms with Crippen molar-refractivity contribution < 1.29 is 17.6 Å². The number of aryl methyl sites for hydroxylation is 1. The van der Waals surface area contributed by atoms with Crippen LogP contribution in [0.5, 0.6) is 0 Å². The lowest BCUT2D eigenvalue weighted by Gasteiger charge is -2.23. The summed E-state index contributed by atoms with van der Waals surface area (Å²) in [5.74, 6) is -0.839. The van der Waals surface area contributed by atoms with Gasteiger partial charge in [-0.1, -0.05) is 11.6 Å². The highest BCUT2D eigenvalue weighted by Gasteiger charge is 2.39. The van der Waals surface area contributed by atoms with Gasteiger partial charge in [0, 0.05) is 24.1 Å². The molecular weight excluding hydrogens is 356 g/mol. The maximum Gasteiger partial charge on any atom is 0.419 e. The van der Waals surface area contributed by atoms with E-state index in [1.54, 1.807) is 25.1 Å². The highest BCUT2D eigenvalue weighted by Crippen LogP contribution is 2.23. The van der Waals surface area contributed by atoms with Gasteiger partial charge in [0.15, 0.2) is 15.4 Å². The van der Waals surface area contributed by atoms with Gasteiger partial charge >= 0.3 is 5.76 Å². The molecule has 2 aromatic rings. The van der Waals surface area contributed by atoms with Crippen LogP contribution in [0.25, 0.3) is 11.1 Å². The number of nitrogens with zero attached hydrogens (tertiary/aromatic N) is 1. The lowest BCUT2D eigenvalue weighted by atomic mass is 10.0. The van der Waals surface area contributed by atoms with Gasteiger partial charge in [-0.15, -0.1) is 0 Å². The zero-order valence-corrected chi connectivity index (χ0v) is 14.6. The van der Waals surface area contributed by atoms with Crippen LogP contribution in [0.4, 0.5) is 0 Å². The number of rotatable bonds is 4. The van der Waals surface area contributed by atoms with Gasteiger partial charge in [-0.3, -0.25) is 9.36 Å². The van der Waals surface area contributed by atoms with Crippen molar-refractivity contribution in [2.24, 2.45) is 0 Å². The maximum atomic E-state index is 12.1. The summed E-state index contributed by atoms with van der Waals surface area (Å²) in [5, 5.41) is 3.22. The average molecular weight is 373 g/mol. The first-order valence-electron chi connectivity index (χ1n) is 7.48. The third-order valence-corrected chi connectivity index (χ3v) is 6.28. The summed E-state index contributed by atoms with van der Waals surface area (Å²) in [4.78, 5) is 24.0. The van der Waals surface area contributed by atoms with Crippen molar-refractivity contribution in [1.29, 1.82) is 0 Å². The number of amides is 1. The molecule has 130 valence electrons. The smallest absolute Gasteiger partial charge is 0.408 e. The molecule has 1 saturated heterocycles. The summed E-state index contributed by atoms with van der Waals surface area (Å²) in [6.07, 6.45) is 0.445. The molecule has 2 heterocycles. The number of aromatic nitrogens is 1. The minimum absolute atomic E-state index is 0.0484. The van der Waals surface area contributed by atoms with E-state index < -0.39 is 21.1 Å². The van der Waals surface area contributed by atoms with Crippen LogP contribution in [0.2, 0.25) is 5.02 Å². The van der Waals surface area contributed by atoms with Crippen molar-refractivity contribution in [3.05, 3.63) is 33.8 Å². The maximum absolute atomic E-state index is 12.1. The Hall–Kier alpha value is -1.80. The Morgan fingerprint density at radius 3 is 2.88 bits per heavy atom. The molecule has 1 atom stereocenters. The summed E-state index contributed by atoms with van der Waals surface area (Å²) >= 11 is 5.86. The summed E-state index contributed by atoms with van der Waals surface area (Å²) in [6.45, 7) is 1.86. The second-order valence-corrected chi connectivity index (χ2v) is 8.95. The van der Waals surface area contributed by atoms with Crippen molar-refractivity contribution >= 4 is 38.4 Å². The van der Waals surface area contributed by atoms with Gasteiger partial charge < -0.3 is 9.73 Å². The molecule has 3 rings (SSSR count). The minimum Gasteiger partial charge on any atom is -0.408 e. The summed E-state index contributed by atoms with van der Waals surface area (Å²) in [7, 11) is -3.09. The molecule has 9 heteroatoms. The number of benzene rings is 1. The first-order chi connectivity index (χ1) is 11.2. The first-order valence-corrected chi connectivity index (χ1v) is 9.68. The van der Waals surface area contributed by atoms with Crippen molar-refractivity contribution in [2.75, 3.05) is 11.5 Å². The van der Waals surface area contributed by atoms with Gasteiger partial charge in [0.05, 0.1) is 22.6 Å². The Labute approximate surface area is 143 Å². The molecule has 1 N–H and O–H groups in total. The van der Waals surface area contributed by atoms with E-state index in [1.807, 2.05) is 0 Å². The SMILES string of the molecule is C[C@@]1(NC(=O)CCn2c(=O)oc3cc(Cl)ccc32)CCS(=O)(=O)C1. The zero-order chi connectivity index (χ0) is 17.5. The molecule has 0 unspecified atom stereocenters. The predicted molar refractivity (Wildman–Crippen MR) is 89.9 cm³/mol. The molecule has 0 saturated carbocycles. The van der Waals surface area contributed by atoms with E-state index >= 15 is 0 Å². The Bertz CT molecular complexity index is 962. The number of halogens is 1. The predicted octanol–water partition coefficient (Wildman–Crippen LogP) is 1.33. The molecule has 1 amide bonds. The molecule has 1 aromatic heterocycles. The van der Waals surface area contributed by atoms with E-state index in [9.17, 15) is 18.0 Å². The van der Waals surface area contributed by atoms with Crippen LogP contribution >= 0.6 is 11.6 Å². The highest BCUT2D eigenvalue weighted by atomic mass is 35.5. The summed E-state index contributed by atoms with van der Waals surface area (Å²) in [6, 6.07) is 4.84. The van der Waals surface area contributed by atoms with Crippen LogP contribution in [0, 0.1) is 0 Å². The van der Waals surface area contributed by atoms with E-state index in [2.05, 4.69) is 5.32 Å². The number of nitrogens with one attached hydrogen (secondary N) is 1. The largest absolute Gasteiger partial charge is 0.419 e. The highest BCUT2D eigenvalue weighted by molar-refractivity contribution is 7.91. The van der Waals surface area contributed by atoms with E-state index in [1.165, 1.54) is 4.57 Å². The number of carbonyl (C=O) groups excluding carboxylic acids is 1. The fourth-order valence-electron chi connectivity index (χ4n) is 2.97. The van der Waals surface area contributed by atoms with Crippen LogP contribution in [0.3, 0.4) is 0 Å². The molecule has 1 aliphatic rings. The Morgan fingerprint density at radius 1 is 1.46 bits per heavy atom. The molecule has 1 aliphatic heterocycles. The second-order valence-electron chi connectivity index (χ2n) is 6.33. The zero-order valence-electron chi connectivity index (χ0n) is 13.0. The van der Waals surface area contributed by atoms with Gasteiger partial charge in [0.1, 0.15) is 0 Å². The first kappa shape index (κ1) is 17.0. The lowest BCUT2D eigenvalue weighted by molar-refractivity contribution is -0.122. The monoisotopic (exact) mass is 372 g/mol. The Kier molecular flexibility index (Phi) is 4.21. The summed E-state index contributed by atoms with van der Waals surface area (Å²) in [5.41, 5.74) is 0.181. The number of hydrogen-bond donors (Lipinski definition) is 1. The number of hydrogen-bond acceptors (Lipinski definition) is 5. The minimum atomic E-state index is -3.09.